The Kier molecular flexibility index (Phi) is 3.41. The van der Waals surface area contributed by atoms with Crippen LogP contribution in [0.15, 0.2) is 11.6 Å². The van der Waals surface area contributed by atoms with Gasteiger partial charge in [0.25, 0.3) is 0 Å². The standard InChI is InChI=1S/C19H32O2Si/c1-17(2,3)22(6,7)21-16-9-8-13-10-15(20)14-11-18(4,5)12-19(13,14)16/h10,14,16H,8-9,11-12H2,1-7H3/t14-,16+,19-/m0/s1. The lowest BCUT2D eigenvalue weighted by atomic mass is 9.74. The predicted molar refractivity (Wildman–Crippen MR) is 93.3 cm³/mol. The van der Waals surface area contributed by atoms with Crippen LogP contribution in [-0.2, 0) is 9.22 Å². The maximum absolute atomic E-state index is 12.5. The molecule has 3 aliphatic carbocycles. The Morgan fingerprint density at radius 2 is 1.91 bits per heavy atom. The molecule has 124 valence electrons. The average Bonchev–Trinajstić information content (AvgIpc) is 2.86. The molecule has 3 atom stereocenters. The van der Waals surface area contributed by atoms with Gasteiger partial charge >= 0.3 is 0 Å². The summed E-state index contributed by atoms with van der Waals surface area (Å²) in [6.45, 7) is 16.3. The zero-order valence-electron chi connectivity index (χ0n) is 15.4. The van der Waals surface area contributed by atoms with Gasteiger partial charge in [0.2, 0.25) is 0 Å². The van der Waals surface area contributed by atoms with Gasteiger partial charge in [-0.25, -0.2) is 0 Å². The number of rotatable bonds is 2. The quantitative estimate of drug-likeness (QED) is 0.661. The largest absolute Gasteiger partial charge is 0.413 e. The third-order valence-corrected chi connectivity index (χ3v) is 11.4. The zero-order valence-corrected chi connectivity index (χ0v) is 16.4. The first-order valence-electron chi connectivity index (χ1n) is 8.82. The normalized spacial score (nSPS) is 37.2. The number of ketones is 1. The molecule has 22 heavy (non-hydrogen) atoms. The van der Waals surface area contributed by atoms with E-state index >= 15 is 0 Å². The average molecular weight is 321 g/mol. The SMILES string of the molecule is CC1(C)C[C@H]2C(=O)C=C3CC[C@@H](O[Si](C)(C)C(C)(C)C)[C@@]32C1. The van der Waals surface area contributed by atoms with E-state index in [1.165, 1.54) is 5.57 Å². The van der Waals surface area contributed by atoms with Gasteiger partial charge < -0.3 is 4.43 Å². The van der Waals surface area contributed by atoms with Crippen molar-refractivity contribution in [2.45, 2.75) is 84.5 Å². The lowest BCUT2D eigenvalue weighted by Crippen LogP contribution is -2.48. The number of hydrogen-bond acceptors (Lipinski definition) is 2. The number of carbonyl (C=O) groups is 1. The molecule has 3 rings (SSSR count). The Morgan fingerprint density at radius 1 is 1.27 bits per heavy atom. The molecule has 3 heteroatoms. The minimum Gasteiger partial charge on any atom is -0.413 e. The van der Waals surface area contributed by atoms with Gasteiger partial charge in [0, 0.05) is 11.3 Å². The van der Waals surface area contributed by atoms with Crippen LogP contribution in [0.1, 0.15) is 60.3 Å². The van der Waals surface area contributed by atoms with Crippen molar-refractivity contribution in [2.24, 2.45) is 16.7 Å². The molecule has 2 fully saturated rings. The van der Waals surface area contributed by atoms with Crippen LogP contribution >= 0.6 is 0 Å². The first-order valence-corrected chi connectivity index (χ1v) is 11.7. The lowest BCUT2D eigenvalue weighted by molar-refractivity contribution is -0.120. The molecule has 0 aromatic rings. The summed E-state index contributed by atoms with van der Waals surface area (Å²) in [5.74, 6) is 0.568. The summed E-state index contributed by atoms with van der Waals surface area (Å²) in [7, 11) is -1.80. The Bertz CT molecular complexity index is 538. The molecule has 0 aliphatic heterocycles. The summed E-state index contributed by atoms with van der Waals surface area (Å²) >= 11 is 0. The van der Waals surface area contributed by atoms with Gasteiger partial charge in [0.15, 0.2) is 14.1 Å². The maximum atomic E-state index is 12.5. The van der Waals surface area contributed by atoms with Crippen molar-refractivity contribution in [1.29, 1.82) is 0 Å². The first-order chi connectivity index (χ1) is 9.89. The van der Waals surface area contributed by atoms with E-state index in [1.807, 2.05) is 6.08 Å². The van der Waals surface area contributed by atoms with Gasteiger partial charge in [-0.2, -0.15) is 0 Å². The van der Waals surface area contributed by atoms with Crippen LogP contribution in [0.4, 0.5) is 0 Å². The van der Waals surface area contributed by atoms with Crippen molar-refractivity contribution >= 4 is 14.1 Å². The van der Waals surface area contributed by atoms with Crippen LogP contribution in [0.25, 0.3) is 0 Å². The Morgan fingerprint density at radius 3 is 2.50 bits per heavy atom. The Labute approximate surface area is 136 Å². The molecule has 0 unspecified atom stereocenters. The molecular formula is C19H32O2Si. The monoisotopic (exact) mass is 320 g/mol. The molecule has 1 spiro atoms. The molecule has 0 aromatic heterocycles. The molecular weight excluding hydrogens is 288 g/mol. The molecule has 0 N–H and O–H groups in total. The molecule has 2 saturated carbocycles. The summed E-state index contributed by atoms with van der Waals surface area (Å²) in [6.07, 6.45) is 6.58. The summed E-state index contributed by atoms with van der Waals surface area (Å²) < 4.78 is 6.87. The number of allylic oxidation sites excluding steroid dienone is 1. The van der Waals surface area contributed by atoms with E-state index < -0.39 is 8.32 Å². The van der Waals surface area contributed by atoms with Crippen molar-refractivity contribution in [3.8, 4) is 0 Å². The van der Waals surface area contributed by atoms with Crippen LogP contribution < -0.4 is 0 Å². The first kappa shape index (κ1) is 16.4. The molecule has 0 saturated heterocycles. The molecule has 0 amide bonds. The molecule has 0 heterocycles. The summed E-state index contributed by atoms with van der Waals surface area (Å²) in [5, 5.41) is 0.225. The second kappa shape index (κ2) is 4.57. The van der Waals surface area contributed by atoms with Crippen molar-refractivity contribution in [2.75, 3.05) is 0 Å². The number of carbonyl (C=O) groups excluding carboxylic acids is 1. The van der Waals surface area contributed by atoms with Gasteiger partial charge in [-0.15, -0.1) is 0 Å². The van der Waals surface area contributed by atoms with Crippen LogP contribution in [0, 0.1) is 16.7 Å². The molecule has 2 nitrogen and oxygen atoms in total. The number of hydrogen-bond donors (Lipinski definition) is 0. The Balaban J connectivity index is 1.95. The second-order valence-corrected chi connectivity index (χ2v) is 14.9. The minimum absolute atomic E-state index is 0.0378. The molecule has 0 bridgehead atoms. The van der Waals surface area contributed by atoms with Gasteiger partial charge in [-0.05, 0) is 55.3 Å². The van der Waals surface area contributed by atoms with Crippen molar-refractivity contribution in [3.05, 3.63) is 11.6 Å². The van der Waals surface area contributed by atoms with Crippen LogP contribution in [-0.4, -0.2) is 20.2 Å². The lowest BCUT2D eigenvalue weighted by Gasteiger charge is -2.44. The molecule has 0 aromatic carbocycles. The van der Waals surface area contributed by atoms with E-state index in [9.17, 15) is 4.79 Å². The topological polar surface area (TPSA) is 26.3 Å². The second-order valence-electron chi connectivity index (χ2n) is 10.1. The van der Waals surface area contributed by atoms with E-state index in [2.05, 4.69) is 47.7 Å². The van der Waals surface area contributed by atoms with E-state index in [4.69, 9.17) is 4.43 Å². The smallest absolute Gasteiger partial charge is 0.192 e. The van der Waals surface area contributed by atoms with Crippen LogP contribution in [0.5, 0.6) is 0 Å². The van der Waals surface area contributed by atoms with Crippen LogP contribution in [0.3, 0.4) is 0 Å². The third kappa shape index (κ3) is 2.19. The van der Waals surface area contributed by atoms with E-state index in [-0.39, 0.29) is 27.9 Å². The summed E-state index contributed by atoms with van der Waals surface area (Å²) in [4.78, 5) is 12.5. The highest BCUT2D eigenvalue weighted by molar-refractivity contribution is 6.74. The van der Waals surface area contributed by atoms with E-state index in [0.29, 0.717) is 5.78 Å². The van der Waals surface area contributed by atoms with E-state index in [0.717, 1.165) is 25.7 Å². The highest BCUT2D eigenvalue weighted by atomic mass is 28.4. The van der Waals surface area contributed by atoms with Crippen molar-refractivity contribution in [3.63, 3.8) is 0 Å². The fourth-order valence-electron chi connectivity index (χ4n) is 4.91. The van der Waals surface area contributed by atoms with Crippen molar-refractivity contribution in [1.82, 2.24) is 0 Å². The van der Waals surface area contributed by atoms with Crippen LogP contribution in [0.2, 0.25) is 18.1 Å². The van der Waals surface area contributed by atoms with Gasteiger partial charge in [0.05, 0.1) is 6.10 Å². The maximum Gasteiger partial charge on any atom is 0.192 e. The highest BCUT2D eigenvalue weighted by Gasteiger charge is 2.64. The fraction of sp³-hybridized carbons (Fsp3) is 0.842. The molecule has 0 radical (unpaired) electrons. The third-order valence-electron chi connectivity index (χ3n) is 6.90. The zero-order chi connectivity index (χ0) is 16.6. The highest BCUT2D eigenvalue weighted by Crippen LogP contribution is 2.67. The summed E-state index contributed by atoms with van der Waals surface area (Å²) in [5.41, 5.74) is 1.71. The molecule has 3 aliphatic rings. The fourth-order valence-corrected chi connectivity index (χ4v) is 6.30. The Hall–Kier alpha value is -0.413. The minimum atomic E-state index is -1.80. The predicted octanol–water partition coefficient (Wildman–Crippen LogP) is 5.10. The van der Waals surface area contributed by atoms with E-state index in [1.54, 1.807) is 0 Å². The summed E-state index contributed by atoms with van der Waals surface area (Å²) in [6, 6.07) is 0. The van der Waals surface area contributed by atoms with Gasteiger partial charge in [-0.3, -0.25) is 4.79 Å². The van der Waals surface area contributed by atoms with Gasteiger partial charge in [-0.1, -0.05) is 40.2 Å². The van der Waals surface area contributed by atoms with Gasteiger partial charge in [0.1, 0.15) is 0 Å². The van der Waals surface area contributed by atoms with Crippen molar-refractivity contribution < 1.29 is 9.22 Å².